The number of hydrogen-bond acceptors (Lipinski definition) is 4. The quantitative estimate of drug-likeness (QED) is 0.644. The lowest BCUT2D eigenvalue weighted by atomic mass is 10.1. The van der Waals surface area contributed by atoms with Crippen LogP contribution >= 0.6 is 0 Å². The highest BCUT2D eigenvalue weighted by Gasteiger charge is 2.33. The minimum Gasteiger partial charge on any atom is -0.475 e. The van der Waals surface area contributed by atoms with Crippen molar-refractivity contribution in [3.63, 3.8) is 0 Å². The Kier molecular flexibility index (Phi) is 4.61. The first-order valence-electron chi connectivity index (χ1n) is 7.57. The highest BCUT2D eigenvalue weighted by molar-refractivity contribution is 6.05. The molecule has 1 aliphatic rings. The van der Waals surface area contributed by atoms with Crippen LogP contribution in [-0.2, 0) is 14.3 Å². The molecule has 0 saturated carbocycles. The molecule has 3 rings (SSSR count). The van der Waals surface area contributed by atoms with Gasteiger partial charge in [0, 0.05) is 6.08 Å². The van der Waals surface area contributed by atoms with E-state index in [4.69, 9.17) is 9.47 Å². The average Bonchev–Trinajstić information content (AvgIpc) is 2.65. The van der Waals surface area contributed by atoms with Crippen LogP contribution in [-0.4, -0.2) is 31.6 Å². The van der Waals surface area contributed by atoms with Crippen molar-refractivity contribution in [3.8, 4) is 5.75 Å². The van der Waals surface area contributed by atoms with Crippen molar-refractivity contribution in [2.75, 3.05) is 18.6 Å². The van der Waals surface area contributed by atoms with E-state index in [2.05, 4.69) is 0 Å². The van der Waals surface area contributed by atoms with Gasteiger partial charge < -0.3 is 14.4 Å². The summed E-state index contributed by atoms with van der Waals surface area (Å²) in [5.74, 6) is -0.238. The lowest BCUT2D eigenvalue weighted by Gasteiger charge is -2.32. The van der Waals surface area contributed by atoms with E-state index in [1.807, 2.05) is 36.4 Å². The Labute approximate surface area is 140 Å². The molecule has 122 valence electrons. The topological polar surface area (TPSA) is 55.8 Å². The Hall–Kier alpha value is -3.08. The molecule has 0 N–H and O–H groups in total. The maximum Gasteiger partial charge on any atom is 0.348 e. The molecule has 1 aliphatic heterocycles. The number of para-hydroxylation sites is 2. The van der Waals surface area contributed by atoms with Gasteiger partial charge in [0.05, 0.1) is 19.3 Å². The number of carbonyl (C=O) groups excluding carboxylic acids is 2. The van der Waals surface area contributed by atoms with Gasteiger partial charge >= 0.3 is 5.97 Å². The van der Waals surface area contributed by atoms with Crippen LogP contribution in [0.25, 0.3) is 6.08 Å². The summed E-state index contributed by atoms with van der Waals surface area (Å²) in [5, 5.41) is 0. The molecule has 5 nitrogen and oxygen atoms in total. The zero-order valence-corrected chi connectivity index (χ0v) is 13.2. The van der Waals surface area contributed by atoms with E-state index in [1.54, 1.807) is 24.3 Å². The molecule has 1 heterocycles. The zero-order chi connectivity index (χ0) is 16.9. The number of nitrogens with zero attached hydrogens (tertiary/aromatic N) is 1. The smallest absolute Gasteiger partial charge is 0.348 e. The number of rotatable bonds is 3. The molecule has 0 aromatic heterocycles. The fourth-order valence-electron chi connectivity index (χ4n) is 2.52. The SMILES string of the molecule is COC(=O)[C@H]1CN(C(=O)/C=C/c2ccccc2)c2ccccc2O1. The van der Waals surface area contributed by atoms with Gasteiger partial charge in [-0.1, -0.05) is 42.5 Å². The molecule has 1 amide bonds. The van der Waals surface area contributed by atoms with Crippen molar-refractivity contribution in [1.82, 2.24) is 0 Å². The van der Waals surface area contributed by atoms with Gasteiger partial charge in [-0.3, -0.25) is 4.79 Å². The molecule has 0 aliphatic carbocycles. The van der Waals surface area contributed by atoms with Gasteiger partial charge in [0.25, 0.3) is 5.91 Å². The fourth-order valence-corrected chi connectivity index (χ4v) is 2.52. The van der Waals surface area contributed by atoms with E-state index >= 15 is 0 Å². The van der Waals surface area contributed by atoms with Crippen LogP contribution in [0.2, 0.25) is 0 Å². The highest BCUT2D eigenvalue weighted by atomic mass is 16.6. The van der Waals surface area contributed by atoms with Crippen LogP contribution in [0.1, 0.15) is 5.56 Å². The summed E-state index contributed by atoms with van der Waals surface area (Å²) in [5.41, 5.74) is 1.57. The Bertz CT molecular complexity index is 770. The molecule has 5 heteroatoms. The molecule has 1 atom stereocenters. The maximum atomic E-state index is 12.6. The molecule has 0 radical (unpaired) electrons. The van der Waals surface area contributed by atoms with E-state index in [1.165, 1.54) is 18.1 Å². The van der Waals surface area contributed by atoms with Crippen molar-refractivity contribution in [3.05, 3.63) is 66.2 Å². The second-order valence-electron chi connectivity index (χ2n) is 5.29. The number of hydrogen-bond donors (Lipinski definition) is 0. The third kappa shape index (κ3) is 3.30. The van der Waals surface area contributed by atoms with Gasteiger partial charge in [-0.05, 0) is 23.8 Å². The van der Waals surface area contributed by atoms with Crippen LogP contribution in [0.3, 0.4) is 0 Å². The lowest BCUT2D eigenvalue weighted by Crippen LogP contribution is -2.47. The normalized spacial score (nSPS) is 16.4. The Morgan fingerprint density at radius 3 is 2.58 bits per heavy atom. The molecular weight excluding hydrogens is 306 g/mol. The number of carbonyl (C=O) groups is 2. The summed E-state index contributed by atoms with van der Waals surface area (Å²) in [6.07, 6.45) is 2.40. The molecule has 0 saturated heterocycles. The molecule has 0 bridgehead atoms. The van der Waals surface area contributed by atoms with Crippen molar-refractivity contribution in [1.29, 1.82) is 0 Å². The number of amides is 1. The first-order chi connectivity index (χ1) is 11.7. The van der Waals surface area contributed by atoms with E-state index < -0.39 is 12.1 Å². The molecule has 0 fully saturated rings. The van der Waals surface area contributed by atoms with Crippen LogP contribution < -0.4 is 9.64 Å². The minimum atomic E-state index is -0.834. The summed E-state index contributed by atoms with van der Waals surface area (Å²) in [7, 11) is 1.30. The first-order valence-corrected chi connectivity index (χ1v) is 7.57. The van der Waals surface area contributed by atoms with Crippen LogP contribution in [0.15, 0.2) is 60.7 Å². The van der Waals surface area contributed by atoms with Gasteiger partial charge in [0.2, 0.25) is 6.10 Å². The van der Waals surface area contributed by atoms with Crippen LogP contribution in [0.5, 0.6) is 5.75 Å². The maximum absolute atomic E-state index is 12.6. The predicted octanol–water partition coefficient (Wildman–Crippen LogP) is 2.67. The van der Waals surface area contributed by atoms with Gasteiger partial charge in [-0.25, -0.2) is 4.79 Å². The lowest BCUT2D eigenvalue weighted by molar-refractivity contribution is -0.148. The van der Waals surface area contributed by atoms with E-state index in [9.17, 15) is 9.59 Å². The van der Waals surface area contributed by atoms with Crippen molar-refractivity contribution < 1.29 is 19.1 Å². The molecule has 0 spiro atoms. The summed E-state index contributed by atoms with van der Waals surface area (Å²) >= 11 is 0. The first kappa shape index (κ1) is 15.8. The summed E-state index contributed by atoms with van der Waals surface area (Å²) in [6, 6.07) is 16.7. The minimum absolute atomic E-state index is 0.113. The average molecular weight is 323 g/mol. The Morgan fingerprint density at radius 1 is 1.12 bits per heavy atom. The molecular formula is C19H17NO4. The number of fused-ring (bicyclic) bond motifs is 1. The van der Waals surface area contributed by atoms with Gasteiger partial charge in [0.1, 0.15) is 5.75 Å². The zero-order valence-electron chi connectivity index (χ0n) is 13.2. The van der Waals surface area contributed by atoms with Gasteiger partial charge in [-0.15, -0.1) is 0 Å². The number of ether oxygens (including phenoxy) is 2. The van der Waals surface area contributed by atoms with E-state index in [-0.39, 0.29) is 12.5 Å². The van der Waals surface area contributed by atoms with E-state index in [0.717, 1.165) is 5.56 Å². The molecule has 0 unspecified atom stereocenters. The Morgan fingerprint density at radius 2 is 1.83 bits per heavy atom. The van der Waals surface area contributed by atoms with Gasteiger partial charge in [0.15, 0.2) is 0 Å². The fraction of sp³-hybridized carbons (Fsp3) is 0.158. The third-order valence-corrected chi connectivity index (χ3v) is 3.72. The number of anilines is 1. The second-order valence-corrected chi connectivity index (χ2v) is 5.29. The van der Waals surface area contributed by atoms with Crippen molar-refractivity contribution >= 4 is 23.6 Å². The van der Waals surface area contributed by atoms with Crippen LogP contribution in [0, 0.1) is 0 Å². The number of methoxy groups -OCH3 is 1. The Balaban J connectivity index is 1.86. The van der Waals surface area contributed by atoms with Crippen LogP contribution in [0.4, 0.5) is 5.69 Å². The monoisotopic (exact) mass is 323 g/mol. The number of esters is 1. The largest absolute Gasteiger partial charge is 0.475 e. The highest BCUT2D eigenvalue weighted by Crippen LogP contribution is 2.33. The standard InChI is InChI=1S/C19H17NO4/c1-23-19(22)17-13-20(15-9-5-6-10-16(15)24-17)18(21)12-11-14-7-3-2-4-8-14/h2-12,17H,13H2,1H3/b12-11+/t17-/m1/s1. The summed E-state index contributed by atoms with van der Waals surface area (Å²) < 4.78 is 10.4. The van der Waals surface area contributed by atoms with Crippen molar-refractivity contribution in [2.45, 2.75) is 6.10 Å². The van der Waals surface area contributed by atoms with Crippen molar-refractivity contribution in [2.24, 2.45) is 0 Å². The van der Waals surface area contributed by atoms with E-state index in [0.29, 0.717) is 11.4 Å². The predicted molar refractivity (Wildman–Crippen MR) is 90.7 cm³/mol. The third-order valence-electron chi connectivity index (χ3n) is 3.72. The second kappa shape index (κ2) is 7.00. The number of benzene rings is 2. The molecule has 24 heavy (non-hydrogen) atoms. The summed E-state index contributed by atoms with van der Waals surface area (Å²) in [6.45, 7) is 0.113. The summed E-state index contributed by atoms with van der Waals surface area (Å²) in [4.78, 5) is 26.0. The van der Waals surface area contributed by atoms with Gasteiger partial charge in [-0.2, -0.15) is 0 Å². The molecule has 2 aromatic rings. The molecule has 2 aromatic carbocycles.